The molecular weight excluding hydrogens is 288 g/mol. The average Bonchev–Trinajstić information content (AvgIpc) is 2.65. The largest absolute Gasteiger partial charge is 0.315 e. The molecule has 1 N–H and O–H groups in total. The molecule has 0 unspecified atom stereocenters. The van der Waals surface area contributed by atoms with Crippen molar-refractivity contribution in [2.45, 2.75) is 12.8 Å². The molecule has 0 amide bonds. The first kappa shape index (κ1) is 13.6. The van der Waals surface area contributed by atoms with Crippen molar-refractivity contribution in [1.82, 2.24) is 10.2 Å². The highest BCUT2D eigenvalue weighted by Gasteiger charge is 2.05. The zero-order valence-electron chi connectivity index (χ0n) is 10.6. The second-order valence-corrected chi connectivity index (χ2v) is 5.45. The van der Waals surface area contributed by atoms with E-state index in [9.17, 15) is 0 Å². The van der Waals surface area contributed by atoms with Crippen molar-refractivity contribution in [3.63, 3.8) is 0 Å². The summed E-state index contributed by atoms with van der Waals surface area (Å²) in [6.45, 7) is 5.42. The first-order chi connectivity index (χ1) is 8.84. The van der Waals surface area contributed by atoms with E-state index in [0.717, 1.165) is 37.1 Å². The SMILES string of the molecule is Brc1ccc(CC#CCN2CCCNCC2)cc1. The van der Waals surface area contributed by atoms with E-state index in [0.29, 0.717) is 0 Å². The maximum absolute atomic E-state index is 3.44. The number of benzene rings is 1. The van der Waals surface area contributed by atoms with E-state index in [1.807, 2.05) is 0 Å². The summed E-state index contributed by atoms with van der Waals surface area (Å²) in [6, 6.07) is 8.37. The van der Waals surface area contributed by atoms with Crippen LogP contribution in [0.1, 0.15) is 12.0 Å². The summed E-state index contributed by atoms with van der Waals surface area (Å²) in [5, 5.41) is 3.40. The fraction of sp³-hybridized carbons (Fsp3) is 0.467. The predicted molar refractivity (Wildman–Crippen MR) is 79.5 cm³/mol. The summed E-state index contributed by atoms with van der Waals surface area (Å²) >= 11 is 3.44. The zero-order chi connectivity index (χ0) is 12.6. The molecule has 1 aliphatic rings. The Kier molecular flexibility index (Phi) is 5.73. The Morgan fingerprint density at radius 1 is 1.11 bits per heavy atom. The summed E-state index contributed by atoms with van der Waals surface area (Å²) in [7, 11) is 0. The highest BCUT2D eigenvalue weighted by molar-refractivity contribution is 9.10. The van der Waals surface area contributed by atoms with Gasteiger partial charge in [-0.25, -0.2) is 0 Å². The van der Waals surface area contributed by atoms with Crippen LogP contribution in [0.15, 0.2) is 28.7 Å². The van der Waals surface area contributed by atoms with Crippen LogP contribution in [0, 0.1) is 11.8 Å². The van der Waals surface area contributed by atoms with E-state index in [-0.39, 0.29) is 0 Å². The molecule has 1 aromatic rings. The minimum atomic E-state index is 0.847. The summed E-state index contributed by atoms with van der Waals surface area (Å²) in [6.07, 6.45) is 2.08. The first-order valence-corrected chi connectivity index (χ1v) is 7.27. The maximum Gasteiger partial charge on any atom is 0.0602 e. The molecule has 0 bridgehead atoms. The van der Waals surface area contributed by atoms with E-state index in [2.05, 4.69) is 62.3 Å². The van der Waals surface area contributed by atoms with Crippen LogP contribution >= 0.6 is 15.9 Å². The third kappa shape index (κ3) is 4.81. The van der Waals surface area contributed by atoms with Crippen LogP contribution in [0.5, 0.6) is 0 Å². The molecule has 1 fully saturated rings. The van der Waals surface area contributed by atoms with Crippen molar-refractivity contribution in [3.8, 4) is 11.8 Å². The van der Waals surface area contributed by atoms with Gasteiger partial charge in [0.2, 0.25) is 0 Å². The van der Waals surface area contributed by atoms with Gasteiger partial charge in [0.05, 0.1) is 6.54 Å². The maximum atomic E-state index is 3.44. The lowest BCUT2D eigenvalue weighted by molar-refractivity contribution is 0.329. The molecule has 1 heterocycles. The van der Waals surface area contributed by atoms with Gasteiger partial charge in [0.1, 0.15) is 0 Å². The Balaban J connectivity index is 1.76. The van der Waals surface area contributed by atoms with Gasteiger partial charge in [0.25, 0.3) is 0 Å². The lowest BCUT2D eigenvalue weighted by atomic mass is 10.2. The Labute approximate surface area is 118 Å². The number of halogens is 1. The molecule has 18 heavy (non-hydrogen) atoms. The molecule has 0 spiro atoms. The summed E-state index contributed by atoms with van der Waals surface area (Å²) < 4.78 is 1.12. The number of nitrogens with one attached hydrogen (secondary N) is 1. The van der Waals surface area contributed by atoms with Crippen molar-refractivity contribution in [1.29, 1.82) is 0 Å². The van der Waals surface area contributed by atoms with Gasteiger partial charge in [0, 0.05) is 30.5 Å². The Bertz CT molecular complexity index is 408. The molecule has 1 aromatic carbocycles. The minimum absolute atomic E-state index is 0.847. The van der Waals surface area contributed by atoms with Crippen LogP contribution in [0.3, 0.4) is 0 Å². The van der Waals surface area contributed by atoms with Gasteiger partial charge in [-0.05, 0) is 30.7 Å². The van der Waals surface area contributed by atoms with E-state index < -0.39 is 0 Å². The van der Waals surface area contributed by atoms with Crippen LogP contribution in [0.4, 0.5) is 0 Å². The molecule has 0 aliphatic carbocycles. The van der Waals surface area contributed by atoms with E-state index in [1.165, 1.54) is 18.5 Å². The van der Waals surface area contributed by atoms with Crippen LogP contribution in [0.2, 0.25) is 0 Å². The van der Waals surface area contributed by atoms with Gasteiger partial charge < -0.3 is 5.32 Å². The van der Waals surface area contributed by atoms with Gasteiger partial charge in [-0.15, -0.1) is 0 Å². The van der Waals surface area contributed by atoms with Crippen molar-refractivity contribution in [3.05, 3.63) is 34.3 Å². The normalized spacial score (nSPS) is 16.7. The van der Waals surface area contributed by atoms with Gasteiger partial charge in [-0.1, -0.05) is 39.9 Å². The average molecular weight is 307 g/mol. The lowest BCUT2D eigenvalue weighted by Crippen LogP contribution is -2.28. The highest BCUT2D eigenvalue weighted by Crippen LogP contribution is 2.10. The van der Waals surface area contributed by atoms with Crippen LogP contribution in [0.25, 0.3) is 0 Å². The lowest BCUT2D eigenvalue weighted by Gasteiger charge is -2.15. The predicted octanol–water partition coefficient (Wildman–Crippen LogP) is 2.29. The van der Waals surface area contributed by atoms with Gasteiger partial charge in [-0.2, -0.15) is 0 Å². The number of hydrogen-bond donors (Lipinski definition) is 1. The number of nitrogens with zero attached hydrogens (tertiary/aromatic N) is 1. The molecule has 0 atom stereocenters. The molecule has 1 aliphatic heterocycles. The minimum Gasteiger partial charge on any atom is -0.315 e. The fourth-order valence-electron chi connectivity index (χ4n) is 1.99. The van der Waals surface area contributed by atoms with Crippen LogP contribution in [-0.2, 0) is 6.42 Å². The fourth-order valence-corrected chi connectivity index (χ4v) is 2.26. The molecule has 0 saturated carbocycles. The molecule has 3 heteroatoms. The molecule has 0 radical (unpaired) electrons. The standard InChI is InChI=1S/C15H19BrN2/c16-15-7-5-14(6-8-15)4-1-2-11-18-12-3-9-17-10-13-18/h5-8,17H,3-4,9-13H2. The Morgan fingerprint density at radius 2 is 1.94 bits per heavy atom. The van der Waals surface area contributed by atoms with Crippen molar-refractivity contribution < 1.29 is 0 Å². The third-order valence-corrected chi connectivity index (χ3v) is 3.59. The molecule has 2 nitrogen and oxygen atoms in total. The molecule has 1 saturated heterocycles. The number of rotatable bonds is 2. The monoisotopic (exact) mass is 306 g/mol. The second kappa shape index (κ2) is 7.58. The van der Waals surface area contributed by atoms with Crippen molar-refractivity contribution in [2.75, 3.05) is 32.7 Å². The Hall–Kier alpha value is -0.820. The van der Waals surface area contributed by atoms with E-state index in [1.54, 1.807) is 0 Å². The van der Waals surface area contributed by atoms with Crippen LogP contribution in [-0.4, -0.2) is 37.6 Å². The quantitative estimate of drug-likeness (QED) is 0.844. The second-order valence-electron chi connectivity index (χ2n) is 4.54. The van der Waals surface area contributed by atoms with E-state index in [4.69, 9.17) is 0 Å². The molecule has 96 valence electrons. The van der Waals surface area contributed by atoms with Gasteiger partial charge in [0.15, 0.2) is 0 Å². The number of hydrogen-bond acceptors (Lipinski definition) is 2. The first-order valence-electron chi connectivity index (χ1n) is 6.48. The summed E-state index contributed by atoms with van der Waals surface area (Å²) in [5.74, 6) is 6.54. The zero-order valence-corrected chi connectivity index (χ0v) is 12.2. The molecular formula is C15H19BrN2. The van der Waals surface area contributed by atoms with Crippen molar-refractivity contribution >= 4 is 15.9 Å². The topological polar surface area (TPSA) is 15.3 Å². The highest BCUT2D eigenvalue weighted by atomic mass is 79.9. The summed E-state index contributed by atoms with van der Waals surface area (Å²) in [5.41, 5.74) is 1.28. The third-order valence-electron chi connectivity index (χ3n) is 3.07. The molecule has 0 aromatic heterocycles. The van der Waals surface area contributed by atoms with Crippen LogP contribution < -0.4 is 5.32 Å². The van der Waals surface area contributed by atoms with Crippen molar-refractivity contribution in [2.24, 2.45) is 0 Å². The Morgan fingerprint density at radius 3 is 2.78 bits per heavy atom. The molecule has 2 rings (SSSR count). The van der Waals surface area contributed by atoms with E-state index >= 15 is 0 Å². The van der Waals surface area contributed by atoms with Gasteiger partial charge >= 0.3 is 0 Å². The van der Waals surface area contributed by atoms with Gasteiger partial charge in [-0.3, -0.25) is 4.90 Å². The summed E-state index contributed by atoms with van der Waals surface area (Å²) in [4.78, 5) is 2.43. The smallest absolute Gasteiger partial charge is 0.0602 e.